The van der Waals surface area contributed by atoms with Crippen LogP contribution in [-0.2, 0) is 0 Å². The van der Waals surface area contributed by atoms with Crippen LogP contribution in [0.5, 0.6) is 0 Å². The van der Waals surface area contributed by atoms with Gasteiger partial charge in [-0.15, -0.1) is 0 Å². The summed E-state index contributed by atoms with van der Waals surface area (Å²) in [5.74, 6) is 0.867. The first kappa shape index (κ1) is 12.2. The molecule has 1 aliphatic heterocycles. The molecular formula is C15H21ClN2. The largest absolute Gasteiger partial charge is 0.397 e. The topological polar surface area (TPSA) is 29.3 Å². The molecule has 0 amide bonds. The van der Waals surface area contributed by atoms with Gasteiger partial charge in [0.2, 0.25) is 0 Å². The van der Waals surface area contributed by atoms with E-state index in [9.17, 15) is 0 Å². The highest BCUT2D eigenvalue weighted by molar-refractivity contribution is 6.31. The molecule has 2 aliphatic rings. The Morgan fingerprint density at radius 2 is 1.89 bits per heavy atom. The first-order chi connectivity index (χ1) is 8.75. The summed E-state index contributed by atoms with van der Waals surface area (Å²) >= 11 is 6.12. The van der Waals surface area contributed by atoms with Crippen molar-refractivity contribution in [1.29, 1.82) is 0 Å². The third-order valence-electron chi connectivity index (χ3n) is 4.55. The first-order valence-corrected chi connectivity index (χ1v) is 7.45. The predicted octanol–water partition coefficient (Wildman–Crippen LogP) is 4.08. The third kappa shape index (κ3) is 2.18. The third-order valence-corrected chi connectivity index (χ3v) is 4.78. The average molecular weight is 265 g/mol. The maximum absolute atomic E-state index is 6.13. The first-order valence-electron chi connectivity index (χ1n) is 7.07. The maximum Gasteiger partial charge on any atom is 0.0617 e. The molecule has 2 fully saturated rings. The van der Waals surface area contributed by atoms with Crippen LogP contribution in [0.3, 0.4) is 0 Å². The van der Waals surface area contributed by atoms with Crippen LogP contribution in [0, 0.1) is 5.92 Å². The van der Waals surface area contributed by atoms with Crippen LogP contribution in [0.1, 0.15) is 38.5 Å². The number of nitrogens with zero attached hydrogens (tertiary/aromatic N) is 1. The Morgan fingerprint density at radius 1 is 1.11 bits per heavy atom. The summed E-state index contributed by atoms with van der Waals surface area (Å²) in [4.78, 5) is 2.51. The van der Waals surface area contributed by atoms with E-state index >= 15 is 0 Å². The Balaban J connectivity index is 1.87. The monoisotopic (exact) mass is 264 g/mol. The summed E-state index contributed by atoms with van der Waals surface area (Å²) in [6, 6.07) is 6.53. The van der Waals surface area contributed by atoms with E-state index in [1.807, 2.05) is 18.2 Å². The number of hydrogen-bond donors (Lipinski definition) is 1. The molecule has 1 heterocycles. The van der Waals surface area contributed by atoms with Crippen LogP contribution in [0.2, 0.25) is 5.02 Å². The highest BCUT2D eigenvalue weighted by Crippen LogP contribution is 2.40. The zero-order chi connectivity index (χ0) is 12.5. The SMILES string of the molecule is Nc1ccc(Cl)cc1N1CCCC1C1CCCC1. The maximum atomic E-state index is 6.13. The number of rotatable bonds is 2. The second-order valence-corrected chi connectivity index (χ2v) is 6.09. The summed E-state index contributed by atoms with van der Waals surface area (Å²) in [6.07, 6.45) is 8.19. The quantitative estimate of drug-likeness (QED) is 0.816. The van der Waals surface area contributed by atoms with Gasteiger partial charge in [0.05, 0.1) is 11.4 Å². The number of anilines is 2. The van der Waals surface area contributed by atoms with Gasteiger partial charge in [-0.25, -0.2) is 0 Å². The number of nitrogen functional groups attached to an aromatic ring is 1. The Bertz CT molecular complexity index is 427. The van der Waals surface area contributed by atoms with Gasteiger partial charge in [0, 0.05) is 17.6 Å². The number of hydrogen-bond acceptors (Lipinski definition) is 2. The normalized spacial score (nSPS) is 24.9. The molecule has 18 heavy (non-hydrogen) atoms. The second kappa shape index (κ2) is 5.00. The predicted molar refractivity (Wildman–Crippen MR) is 78.2 cm³/mol. The molecule has 98 valence electrons. The van der Waals surface area contributed by atoms with Gasteiger partial charge in [-0.1, -0.05) is 24.4 Å². The summed E-state index contributed by atoms with van der Waals surface area (Å²) in [5.41, 5.74) is 8.14. The van der Waals surface area contributed by atoms with Gasteiger partial charge in [0.15, 0.2) is 0 Å². The highest BCUT2D eigenvalue weighted by Gasteiger charge is 2.34. The summed E-state index contributed by atoms with van der Waals surface area (Å²) in [5, 5.41) is 0.788. The van der Waals surface area contributed by atoms with E-state index < -0.39 is 0 Å². The van der Waals surface area contributed by atoms with E-state index in [2.05, 4.69) is 4.90 Å². The lowest BCUT2D eigenvalue weighted by molar-refractivity contribution is 0.431. The minimum atomic E-state index is 0.688. The smallest absolute Gasteiger partial charge is 0.0617 e. The number of benzene rings is 1. The molecule has 2 N–H and O–H groups in total. The van der Waals surface area contributed by atoms with Crippen molar-refractivity contribution in [3.05, 3.63) is 23.2 Å². The van der Waals surface area contributed by atoms with Gasteiger partial charge in [0.1, 0.15) is 0 Å². The van der Waals surface area contributed by atoms with Gasteiger partial charge in [-0.2, -0.15) is 0 Å². The Morgan fingerprint density at radius 3 is 2.67 bits per heavy atom. The van der Waals surface area contributed by atoms with Crippen molar-refractivity contribution < 1.29 is 0 Å². The summed E-state index contributed by atoms with van der Waals surface area (Å²) in [6.45, 7) is 1.13. The number of halogens is 1. The molecule has 2 nitrogen and oxygen atoms in total. The molecule has 3 rings (SSSR count). The minimum absolute atomic E-state index is 0.688. The van der Waals surface area contributed by atoms with E-state index in [0.717, 1.165) is 28.9 Å². The van der Waals surface area contributed by atoms with E-state index in [-0.39, 0.29) is 0 Å². The molecular weight excluding hydrogens is 244 g/mol. The van der Waals surface area contributed by atoms with Crippen LogP contribution in [-0.4, -0.2) is 12.6 Å². The zero-order valence-corrected chi connectivity index (χ0v) is 11.5. The van der Waals surface area contributed by atoms with Crippen molar-refractivity contribution in [2.45, 2.75) is 44.6 Å². The molecule has 3 heteroatoms. The van der Waals surface area contributed by atoms with E-state index in [0.29, 0.717) is 6.04 Å². The van der Waals surface area contributed by atoms with Crippen molar-refractivity contribution in [2.24, 2.45) is 5.92 Å². The van der Waals surface area contributed by atoms with Gasteiger partial charge >= 0.3 is 0 Å². The molecule has 1 aromatic carbocycles. The Hall–Kier alpha value is -0.890. The van der Waals surface area contributed by atoms with Gasteiger partial charge in [-0.05, 0) is 49.8 Å². The molecule has 1 saturated carbocycles. The van der Waals surface area contributed by atoms with Crippen molar-refractivity contribution in [1.82, 2.24) is 0 Å². The van der Waals surface area contributed by atoms with Crippen molar-refractivity contribution in [3.8, 4) is 0 Å². The molecule has 0 radical (unpaired) electrons. The van der Waals surface area contributed by atoms with Crippen LogP contribution in [0.15, 0.2) is 18.2 Å². The van der Waals surface area contributed by atoms with Gasteiger partial charge in [-0.3, -0.25) is 0 Å². The Kier molecular flexibility index (Phi) is 3.38. The van der Waals surface area contributed by atoms with Crippen LogP contribution >= 0.6 is 11.6 Å². The molecule has 1 aliphatic carbocycles. The number of nitrogens with two attached hydrogens (primary N) is 1. The van der Waals surface area contributed by atoms with Gasteiger partial charge < -0.3 is 10.6 Å². The molecule has 0 spiro atoms. The van der Waals surface area contributed by atoms with Gasteiger partial charge in [0.25, 0.3) is 0 Å². The second-order valence-electron chi connectivity index (χ2n) is 5.65. The summed E-state index contributed by atoms with van der Waals surface area (Å²) < 4.78 is 0. The lowest BCUT2D eigenvalue weighted by atomic mass is 9.95. The average Bonchev–Trinajstić information content (AvgIpc) is 3.00. The van der Waals surface area contributed by atoms with Crippen molar-refractivity contribution >= 4 is 23.0 Å². The lowest BCUT2D eigenvalue weighted by Crippen LogP contribution is -2.35. The lowest BCUT2D eigenvalue weighted by Gasteiger charge is -2.32. The molecule has 1 saturated heterocycles. The van der Waals surface area contributed by atoms with Crippen molar-refractivity contribution in [3.63, 3.8) is 0 Å². The van der Waals surface area contributed by atoms with Crippen LogP contribution in [0.25, 0.3) is 0 Å². The fourth-order valence-corrected chi connectivity index (χ4v) is 3.86. The fourth-order valence-electron chi connectivity index (χ4n) is 3.69. The minimum Gasteiger partial charge on any atom is -0.397 e. The van der Waals surface area contributed by atoms with Crippen LogP contribution < -0.4 is 10.6 Å². The summed E-state index contributed by atoms with van der Waals surface area (Å²) in [7, 11) is 0. The molecule has 0 aromatic heterocycles. The molecule has 0 bridgehead atoms. The highest BCUT2D eigenvalue weighted by atomic mass is 35.5. The van der Waals surface area contributed by atoms with E-state index in [1.165, 1.54) is 38.5 Å². The van der Waals surface area contributed by atoms with E-state index in [4.69, 9.17) is 17.3 Å². The zero-order valence-electron chi connectivity index (χ0n) is 10.7. The Labute approximate surface area is 114 Å². The molecule has 1 unspecified atom stereocenters. The standard InChI is InChI=1S/C15H21ClN2/c16-12-7-8-13(17)15(10-12)18-9-3-6-14(18)11-4-1-2-5-11/h7-8,10-11,14H,1-6,9,17H2. The fraction of sp³-hybridized carbons (Fsp3) is 0.600. The molecule has 1 atom stereocenters. The van der Waals surface area contributed by atoms with E-state index in [1.54, 1.807) is 0 Å². The molecule has 1 aromatic rings. The van der Waals surface area contributed by atoms with Crippen LogP contribution in [0.4, 0.5) is 11.4 Å². The van der Waals surface area contributed by atoms with Crippen molar-refractivity contribution in [2.75, 3.05) is 17.2 Å².